The van der Waals surface area contributed by atoms with E-state index in [4.69, 9.17) is 11.6 Å². The summed E-state index contributed by atoms with van der Waals surface area (Å²) in [5.41, 5.74) is 0. The van der Waals surface area contributed by atoms with E-state index in [9.17, 15) is 8.42 Å². The summed E-state index contributed by atoms with van der Waals surface area (Å²) in [5.74, 6) is 0.362. The van der Waals surface area contributed by atoms with Crippen LogP contribution in [0.2, 0.25) is 0 Å². The molecule has 0 fully saturated rings. The Labute approximate surface area is 119 Å². The number of halogens is 1. The smallest absolute Gasteiger partial charge is 0.207 e. The Bertz CT molecular complexity index is 482. The van der Waals surface area contributed by atoms with E-state index in [0.717, 1.165) is 29.0 Å². The van der Waals surface area contributed by atoms with Gasteiger partial charge in [0.1, 0.15) is 0 Å². The van der Waals surface area contributed by atoms with Gasteiger partial charge in [0, 0.05) is 23.3 Å². The Morgan fingerprint density at radius 1 is 1.39 bits per heavy atom. The molecule has 0 aliphatic heterocycles. The van der Waals surface area contributed by atoms with Gasteiger partial charge in [0.25, 0.3) is 0 Å². The lowest BCUT2D eigenvalue weighted by Gasteiger charge is -2.16. The number of aryl methyl sites for hydroxylation is 1. The van der Waals surface area contributed by atoms with Crippen LogP contribution in [0.3, 0.4) is 0 Å². The lowest BCUT2D eigenvalue weighted by molar-refractivity contribution is 0.454. The van der Waals surface area contributed by atoms with Gasteiger partial charge in [-0.05, 0) is 19.4 Å². The Hall–Kier alpha value is -0.100. The van der Waals surface area contributed by atoms with E-state index in [1.807, 2.05) is 6.92 Å². The molecule has 0 N–H and O–H groups in total. The number of alkyl halides is 1. The van der Waals surface area contributed by atoms with Gasteiger partial charge in [-0.15, -0.1) is 22.9 Å². The molecule has 0 amide bonds. The number of sulfonamides is 1. The van der Waals surface area contributed by atoms with Crippen LogP contribution in [-0.4, -0.2) is 26.3 Å². The van der Waals surface area contributed by atoms with E-state index in [2.05, 4.69) is 6.92 Å². The molecule has 1 aromatic rings. The Kier molecular flexibility index (Phi) is 6.11. The monoisotopic (exact) mass is 309 g/mol. The molecule has 6 heteroatoms. The van der Waals surface area contributed by atoms with Crippen molar-refractivity contribution < 1.29 is 8.42 Å². The highest BCUT2D eigenvalue weighted by molar-refractivity contribution is 7.89. The van der Waals surface area contributed by atoms with Crippen molar-refractivity contribution in [3.8, 4) is 0 Å². The van der Waals surface area contributed by atoms with E-state index in [1.165, 1.54) is 15.6 Å². The van der Waals surface area contributed by atoms with E-state index in [0.29, 0.717) is 17.3 Å². The zero-order valence-corrected chi connectivity index (χ0v) is 13.5. The molecule has 0 saturated carbocycles. The van der Waals surface area contributed by atoms with Crippen LogP contribution in [0.4, 0.5) is 0 Å². The number of hydrogen-bond acceptors (Lipinski definition) is 3. The summed E-state index contributed by atoms with van der Waals surface area (Å²) in [7, 11) is -1.71. The number of nitrogens with zero attached hydrogens (tertiary/aromatic N) is 1. The van der Waals surface area contributed by atoms with E-state index >= 15 is 0 Å². The molecule has 0 bridgehead atoms. The minimum Gasteiger partial charge on any atom is -0.207 e. The second-order valence-corrected chi connectivity index (χ2v) is 7.92. The predicted octanol–water partition coefficient (Wildman–Crippen LogP) is 3.61. The maximum absolute atomic E-state index is 12.4. The molecular formula is C12H20ClNO2S2. The average Bonchev–Trinajstić information content (AvgIpc) is 2.71. The van der Waals surface area contributed by atoms with Gasteiger partial charge >= 0.3 is 0 Å². The minimum absolute atomic E-state index is 0.362. The third-order valence-corrected chi connectivity index (χ3v) is 6.43. The Balaban J connectivity index is 2.87. The lowest BCUT2D eigenvalue weighted by atomic mass is 10.2. The molecule has 104 valence electrons. The fraction of sp³-hybridized carbons (Fsp3) is 0.667. The highest BCUT2D eigenvalue weighted by atomic mass is 35.5. The summed E-state index contributed by atoms with van der Waals surface area (Å²) in [6.07, 6.45) is 3.04. The molecule has 0 radical (unpaired) electrons. The van der Waals surface area contributed by atoms with E-state index in [1.54, 1.807) is 13.1 Å². The standard InChI is InChI=1S/C12H20ClNO2S2/c1-4-5-6-7-14(3)18(15,16)12-8-11(9-13)17-10(12)2/h8H,4-7,9H2,1-3H3. The molecule has 0 spiro atoms. The van der Waals surface area contributed by atoms with Crippen molar-refractivity contribution in [1.82, 2.24) is 4.31 Å². The second-order valence-electron chi connectivity index (χ2n) is 4.30. The molecule has 0 atom stereocenters. The summed E-state index contributed by atoms with van der Waals surface area (Å²) in [6.45, 7) is 4.50. The third-order valence-electron chi connectivity index (χ3n) is 2.82. The molecule has 1 heterocycles. The number of rotatable bonds is 7. The molecule has 0 unspecified atom stereocenters. The van der Waals surface area contributed by atoms with Crippen LogP contribution in [0, 0.1) is 6.92 Å². The summed E-state index contributed by atoms with van der Waals surface area (Å²) in [5, 5.41) is 0. The van der Waals surface area contributed by atoms with Gasteiger partial charge in [0.15, 0.2) is 0 Å². The topological polar surface area (TPSA) is 37.4 Å². The highest BCUT2D eigenvalue weighted by Crippen LogP contribution is 2.28. The minimum atomic E-state index is -3.35. The molecule has 18 heavy (non-hydrogen) atoms. The van der Waals surface area contributed by atoms with Crippen LogP contribution in [-0.2, 0) is 15.9 Å². The first kappa shape index (κ1) is 16.0. The SMILES string of the molecule is CCCCCN(C)S(=O)(=O)c1cc(CCl)sc1C. The molecule has 0 aliphatic rings. The van der Waals surface area contributed by atoms with Gasteiger partial charge in [0.05, 0.1) is 10.8 Å². The van der Waals surface area contributed by atoms with Gasteiger partial charge in [0.2, 0.25) is 10.0 Å². The zero-order chi connectivity index (χ0) is 13.8. The molecular weight excluding hydrogens is 290 g/mol. The molecule has 0 aliphatic carbocycles. The number of unbranched alkanes of at least 4 members (excludes halogenated alkanes) is 2. The zero-order valence-electron chi connectivity index (χ0n) is 11.1. The molecule has 1 rings (SSSR count). The van der Waals surface area contributed by atoms with Crippen molar-refractivity contribution in [3.63, 3.8) is 0 Å². The predicted molar refractivity (Wildman–Crippen MR) is 78.0 cm³/mol. The Morgan fingerprint density at radius 3 is 2.56 bits per heavy atom. The quantitative estimate of drug-likeness (QED) is 0.570. The molecule has 3 nitrogen and oxygen atoms in total. The van der Waals surface area contributed by atoms with Crippen LogP contribution in [0.25, 0.3) is 0 Å². The van der Waals surface area contributed by atoms with Crippen LogP contribution < -0.4 is 0 Å². The fourth-order valence-corrected chi connectivity index (χ4v) is 4.62. The van der Waals surface area contributed by atoms with Crippen molar-refractivity contribution in [2.45, 2.75) is 43.9 Å². The Morgan fingerprint density at radius 2 is 2.06 bits per heavy atom. The van der Waals surface area contributed by atoms with Gasteiger partial charge in [-0.1, -0.05) is 19.8 Å². The second kappa shape index (κ2) is 6.89. The summed E-state index contributed by atoms with van der Waals surface area (Å²) in [4.78, 5) is 2.12. The van der Waals surface area contributed by atoms with Gasteiger partial charge < -0.3 is 0 Å². The largest absolute Gasteiger partial charge is 0.243 e. The maximum atomic E-state index is 12.4. The van der Waals surface area contributed by atoms with Crippen LogP contribution in [0.15, 0.2) is 11.0 Å². The van der Waals surface area contributed by atoms with Gasteiger partial charge in [-0.2, -0.15) is 0 Å². The summed E-state index contributed by atoms with van der Waals surface area (Å²) in [6, 6.07) is 1.69. The van der Waals surface area contributed by atoms with Crippen LogP contribution in [0.5, 0.6) is 0 Å². The average molecular weight is 310 g/mol. The van der Waals surface area contributed by atoms with Crippen LogP contribution in [0.1, 0.15) is 35.9 Å². The first-order valence-corrected chi connectivity index (χ1v) is 8.84. The van der Waals surface area contributed by atoms with Crippen molar-refractivity contribution in [1.29, 1.82) is 0 Å². The normalized spacial score (nSPS) is 12.3. The van der Waals surface area contributed by atoms with Crippen molar-refractivity contribution in [3.05, 3.63) is 15.8 Å². The first-order chi connectivity index (χ1) is 8.43. The number of thiophene rings is 1. The fourth-order valence-electron chi connectivity index (χ4n) is 1.72. The van der Waals surface area contributed by atoms with Gasteiger partial charge in [-0.3, -0.25) is 0 Å². The third kappa shape index (κ3) is 3.70. The highest BCUT2D eigenvalue weighted by Gasteiger charge is 2.24. The summed E-state index contributed by atoms with van der Waals surface area (Å²) >= 11 is 7.20. The van der Waals surface area contributed by atoms with E-state index in [-0.39, 0.29) is 0 Å². The molecule has 0 aromatic carbocycles. The molecule has 1 aromatic heterocycles. The van der Waals surface area contributed by atoms with E-state index < -0.39 is 10.0 Å². The number of hydrogen-bond donors (Lipinski definition) is 0. The lowest BCUT2D eigenvalue weighted by Crippen LogP contribution is -2.28. The van der Waals surface area contributed by atoms with Crippen molar-refractivity contribution in [2.75, 3.05) is 13.6 Å². The van der Waals surface area contributed by atoms with Gasteiger partial charge in [-0.25, -0.2) is 12.7 Å². The van der Waals surface area contributed by atoms with Crippen molar-refractivity contribution >= 4 is 33.0 Å². The van der Waals surface area contributed by atoms with Crippen molar-refractivity contribution in [2.24, 2.45) is 0 Å². The first-order valence-electron chi connectivity index (χ1n) is 6.05. The maximum Gasteiger partial charge on any atom is 0.243 e. The summed E-state index contributed by atoms with van der Waals surface area (Å²) < 4.78 is 26.2. The molecule has 0 saturated heterocycles. The van der Waals surface area contributed by atoms with Crippen LogP contribution >= 0.6 is 22.9 Å².